The van der Waals surface area contributed by atoms with Crippen LogP contribution in [-0.2, 0) is 125 Å². The van der Waals surface area contributed by atoms with Crippen LogP contribution in [0.3, 0.4) is 0 Å². The van der Waals surface area contributed by atoms with Crippen LogP contribution in [0.25, 0.3) is 0 Å². The van der Waals surface area contributed by atoms with Crippen LogP contribution in [0.2, 0.25) is 0 Å². The average molecular weight is 2140 g/mol. The van der Waals surface area contributed by atoms with Crippen LogP contribution in [0.1, 0.15) is 194 Å². The molecule has 1 aromatic rings. The number of nitrogens with one attached hydrogen (secondary N) is 5. The lowest BCUT2D eigenvalue weighted by molar-refractivity contribution is -0.302. The van der Waals surface area contributed by atoms with Crippen LogP contribution in [0.15, 0.2) is 48.1 Å². The van der Waals surface area contributed by atoms with Gasteiger partial charge in [-0.25, -0.2) is 0 Å². The maximum absolute atomic E-state index is 14.0. The van der Waals surface area contributed by atoms with E-state index in [1.54, 1.807) is 35.7 Å². The van der Waals surface area contributed by atoms with Gasteiger partial charge in [-0.1, -0.05) is 51.7 Å². The number of rotatable bonds is 94. The number of hydrogen-bond acceptors (Lipinski definition) is 48. The number of ether oxygens (including phenoxy) is 18. The lowest BCUT2D eigenvalue weighted by Gasteiger charge is -2.39. The molecular formula is C97H186N14O37. The molecule has 0 saturated carbocycles. The smallest absolute Gasteiger partial charge is 0.222 e. The second-order valence-electron chi connectivity index (χ2n) is 35.9. The lowest BCUT2D eigenvalue weighted by Crippen LogP contribution is -2.59. The number of aromatic nitrogens is 3. The van der Waals surface area contributed by atoms with Gasteiger partial charge in [0.05, 0.1) is 204 Å². The fourth-order valence-corrected chi connectivity index (χ4v) is 14.0. The maximum Gasteiger partial charge on any atom is 0.222 e. The summed E-state index contributed by atoms with van der Waals surface area (Å²) < 4.78 is 102. The van der Waals surface area contributed by atoms with E-state index in [0.29, 0.717) is 225 Å². The third-order valence-electron chi connectivity index (χ3n) is 23.1. The Hall–Kier alpha value is -6.87. The number of nitrogens with two attached hydrogens (primary N) is 3. The normalized spacial score (nSPS) is 21.5. The van der Waals surface area contributed by atoms with Crippen molar-refractivity contribution in [3.05, 3.63) is 48.1 Å². The van der Waals surface area contributed by atoms with Gasteiger partial charge in [0.1, 0.15) is 108 Å². The van der Waals surface area contributed by atoms with E-state index in [9.17, 15) is 94.8 Å². The molecule has 1 aromatic heterocycles. The van der Waals surface area contributed by atoms with Gasteiger partial charge >= 0.3 is 0 Å². The van der Waals surface area contributed by atoms with E-state index in [2.05, 4.69) is 57.7 Å². The van der Waals surface area contributed by atoms with Crippen molar-refractivity contribution in [3.63, 3.8) is 0 Å². The molecule has 51 heteroatoms. The fraction of sp³-hybridized carbons (Fsp3) is 0.845. The summed E-state index contributed by atoms with van der Waals surface area (Å²) >= 11 is 0. The predicted octanol–water partition coefficient (Wildman–Crippen LogP) is -1.41. The van der Waals surface area contributed by atoms with Crippen LogP contribution in [-0.4, -0.2) is 439 Å². The Kier molecular flexibility index (Phi) is 87.3. The summed E-state index contributed by atoms with van der Waals surface area (Å²) in [4.78, 5) is 92.0. The Morgan fingerprint density at radius 2 is 0.635 bits per heavy atom. The molecule has 0 aliphatic carbocycles. The molecule has 6 unspecified atom stereocenters. The predicted molar refractivity (Wildman–Crippen MR) is 539 cm³/mol. The quantitative estimate of drug-likeness (QED) is 0.0333. The molecule has 15 atom stereocenters. The van der Waals surface area contributed by atoms with E-state index in [4.69, 9.17) is 102 Å². The molecule has 866 valence electrons. The van der Waals surface area contributed by atoms with Crippen LogP contribution in [0, 0.1) is 5.92 Å². The zero-order chi connectivity index (χ0) is 106. The Labute approximate surface area is 871 Å². The second-order valence-corrected chi connectivity index (χ2v) is 35.9. The summed E-state index contributed by atoms with van der Waals surface area (Å²) in [6.07, 6.45) is -0.609. The van der Waals surface area contributed by atoms with Gasteiger partial charge in [-0.2, -0.15) is 0 Å². The molecule has 3 aliphatic heterocycles. The van der Waals surface area contributed by atoms with Crippen molar-refractivity contribution < 1.29 is 180 Å². The first-order valence-corrected chi connectivity index (χ1v) is 51.3. The van der Waals surface area contributed by atoms with Crippen molar-refractivity contribution in [1.82, 2.24) is 60.0 Å². The third kappa shape index (κ3) is 69.7. The van der Waals surface area contributed by atoms with Crippen molar-refractivity contribution in [2.75, 3.05) is 224 Å². The first kappa shape index (κ1) is 141. The summed E-state index contributed by atoms with van der Waals surface area (Å²) in [5, 5.41) is 141. The first-order chi connectivity index (χ1) is 70.1. The molecule has 148 heavy (non-hydrogen) atoms. The van der Waals surface area contributed by atoms with Crippen molar-refractivity contribution >= 4 is 40.7 Å². The van der Waals surface area contributed by atoms with Gasteiger partial charge in [0, 0.05) is 152 Å². The van der Waals surface area contributed by atoms with Crippen molar-refractivity contribution in [2.24, 2.45) is 23.1 Å². The largest absolute Gasteiger partial charge is 0.401 e. The van der Waals surface area contributed by atoms with Crippen molar-refractivity contribution in [3.8, 4) is 0 Å². The minimum absolute atomic E-state index is 0. The first-order valence-electron chi connectivity index (χ1n) is 51.3. The number of aliphatic hydroxyl groups is 12. The number of hydrogen-bond donors (Lipinski definition) is 23. The Bertz CT molecular complexity index is 3250. The van der Waals surface area contributed by atoms with E-state index < -0.39 is 117 Å². The van der Waals surface area contributed by atoms with E-state index in [1.807, 2.05) is 0 Å². The number of carbonyl (C=O) groups is 7. The third-order valence-corrected chi connectivity index (χ3v) is 23.1. The minimum atomic E-state index is -1.53. The minimum Gasteiger partial charge on any atom is -0.401 e. The number of carbonyl (C=O) groups excluding carboxylic acids is 7. The lowest BCUT2D eigenvalue weighted by atomic mass is 9.99. The Balaban J connectivity index is 0.0000263. The highest BCUT2D eigenvalue weighted by Gasteiger charge is 2.47. The zero-order valence-electron chi connectivity index (χ0n) is 87.7. The van der Waals surface area contributed by atoms with Gasteiger partial charge in [0.25, 0.3) is 0 Å². The Morgan fingerprint density at radius 1 is 0.345 bits per heavy atom. The highest BCUT2D eigenvalue weighted by Crippen LogP contribution is 2.26. The number of Topliss-reactive ketones (excluding diaryl/α,β-unsaturated/α-hetero) is 5. The molecule has 32 N–H and O–H groups in total. The molecule has 0 radical (unpaired) electrons. The highest BCUT2D eigenvalue weighted by atomic mass is 16.7. The number of amides is 2. The second kappa shape index (κ2) is 91.6. The number of aryl methyl sites for hydroxylation is 1. The monoisotopic (exact) mass is 2140 g/mol. The Morgan fingerprint density at radius 3 is 0.946 bits per heavy atom. The molecule has 4 heterocycles. The molecule has 3 fully saturated rings. The summed E-state index contributed by atoms with van der Waals surface area (Å²) in [6.45, 7) is 12.0. The summed E-state index contributed by atoms with van der Waals surface area (Å²) in [7, 11) is 0. The van der Waals surface area contributed by atoms with Crippen LogP contribution in [0.5, 0.6) is 0 Å². The van der Waals surface area contributed by atoms with E-state index in [0.717, 1.165) is 12.3 Å². The summed E-state index contributed by atoms with van der Waals surface area (Å²) in [5.41, 5.74) is 18.6. The number of ketones is 5. The van der Waals surface area contributed by atoms with E-state index >= 15 is 0 Å². The van der Waals surface area contributed by atoms with Crippen LogP contribution < -0.4 is 62.2 Å². The van der Waals surface area contributed by atoms with Crippen LogP contribution in [0.4, 0.5) is 0 Å². The average Bonchev–Trinajstić information content (AvgIpc) is 0.878. The molecule has 2 amide bonds. The van der Waals surface area contributed by atoms with Gasteiger partial charge in [-0.3, -0.25) is 38.2 Å². The van der Waals surface area contributed by atoms with Crippen molar-refractivity contribution in [1.29, 1.82) is 0 Å². The van der Waals surface area contributed by atoms with Gasteiger partial charge in [-0.15, -0.1) is 5.10 Å². The molecule has 0 aromatic carbocycles. The summed E-state index contributed by atoms with van der Waals surface area (Å²) in [5.74, 6) is 0.267. The topological polar surface area (TPSA) is 802 Å². The molecule has 3 aliphatic rings. The molecule has 4 rings (SSSR count). The zero-order valence-corrected chi connectivity index (χ0v) is 87.7. The maximum atomic E-state index is 14.0. The van der Waals surface area contributed by atoms with Gasteiger partial charge in [0.15, 0.2) is 18.9 Å². The van der Waals surface area contributed by atoms with Gasteiger partial charge in [0.2, 0.25) is 11.8 Å². The highest BCUT2D eigenvalue weighted by molar-refractivity contribution is 5.80. The molecule has 3 saturated heterocycles. The molecule has 0 bridgehead atoms. The standard InChI is InChI=1S/C92H165N11O37.C5H12.3H3N/c93-67(58-96-29-37-123-40-43-126-46-49-129-52-55-135-89-86(120)83(117)80(114)75(61-104)138-89)18-21-70(107)12-4-1-6-14-73(110)24-34-132-64-92(101-79(113)17-8-3-11-32-103-33-28-100-102-103,65-133-35-25-74(111)15-7-2-5-13-71(108)22-19-68(94)59-97-30-38-124-41-44-127-47-50-130-53-56-136-90-87(121)84(118)81(115)76(62-105)139-90)66-134-36-26-78(112)99-27-10-9-16-72(109)23-20-69(95)60-98-31-39-125-42-45-128-48-51-131-54-57-137-91-88(122)85(119)82(116)77(63-106)140-91;1-4-5(2)3;;;/h28,33,58-60,75-77,80-91,96-98,104-106,114-122H,1-27,29-32,34-57,61-66,93-95H2,(H,99,112)(H,101,113);5H,4H2,1-3H3;3*1H3/b67-58-,68-59-,69-60-;;;;/t75?,76?,77?,80-,81-,82-,83+,84+,85+,86?,87?,88?,89+,90+,91+,92?;;;;/m1..../s1. The molecule has 51 nitrogen and oxygen atoms in total. The molecular weight excluding hydrogens is 1950 g/mol. The van der Waals surface area contributed by atoms with Gasteiger partial charge in [-0.05, 0) is 76.5 Å². The number of allylic oxidation sites excluding steroid dienone is 3. The van der Waals surface area contributed by atoms with Crippen molar-refractivity contribution in [2.45, 2.75) is 298 Å². The number of nitrogens with zero attached hydrogens (tertiary/aromatic N) is 3. The summed E-state index contributed by atoms with van der Waals surface area (Å²) in [6, 6.07) is 0. The van der Waals surface area contributed by atoms with E-state index in [1.165, 1.54) is 6.42 Å². The number of aliphatic hydroxyl groups excluding tert-OH is 12. The number of unbranched alkanes of at least 4 members (excludes halogenated alkanes) is 7. The van der Waals surface area contributed by atoms with E-state index in [-0.39, 0.29) is 223 Å². The van der Waals surface area contributed by atoms with Crippen LogP contribution >= 0.6 is 0 Å². The fourth-order valence-electron chi connectivity index (χ4n) is 14.0. The van der Waals surface area contributed by atoms with Gasteiger partial charge < -0.3 is 209 Å². The SMILES string of the molecule is CCC(C)C.N.N.N.N/C(=C\NCCOCCOCCOCCO[C@H]1OC(CO)[C@@H](O)[C@H](O)C1O)CCC(=O)CCCCCC(=O)CCOCC(COCCC(=O)CCCCCC(=O)CC/C(N)=C/NCCOCCOCCOCCO[C@H]1OC(CO)[C@@H](O)[C@H](O)C1O)(COCCC(=O)NCCCCC(=O)CC/C(N)=C/NCCOCCOCCOCCO[C@H]1OC(CO)[C@@H](O)[C@H](O)C1O)NC(=O)CCCCCn1ccnn1. The molecule has 0 spiro atoms.